The molecule has 1 rings (SSSR count). The van der Waals surface area contributed by atoms with Gasteiger partial charge < -0.3 is 24.6 Å². The first-order valence-electron chi connectivity index (χ1n) is 13.9. The molecule has 0 bridgehead atoms. The number of benzene rings is 1. The smallest absolute Gasteiger partial charge is 0.335 e. The van der Waals surface area contributed by atoms with E-state index in [-0.39, 0.29) is 44.1 Å². The van der Waals surface area contributed by atoms with Crippen molar-refractivity contribution in [3.05, 3.63) is 39.4 Å². The van der Waals surface area contributed by atoms with Gasteiger partial charge in [0.2, 0.25) is 0 Å². The maximum absolute atomic E-state index is 13.6. The predicted molar refractivity (Wildman–Crippen MR) is 155 cm³/mol. The van der Waals surface area contributed by atoms with E-state index in [1.807, 2.05) is 0 Å². The van der Waals surface area contributed by atoms with E-state index in [1.165, 1.54) is 0 Å². The van der Waals surface area contributed by atoms with Crippen LogP contribution in [0.25, 0.3) is 0 Å². The summed E-state index contributed by atoms with van der Waals surface area (Å²) >= 11 is 0. The van der Waals surface area contributed by atoms with Gasteiger partial charge in [0.15, 0.2) is 0 Å². The van der Waals surface area contributed by atoms with Gasteiger partial charge in [-0.2, -0.15) is 0 Å². The molecule has 13 heteroatoms. The van der Waals surface area contributed by atoms with Gasteiger partial charge in [0, 0.05) is 42.5 Å². The maximum atomic E-state index is 13.6. The van der Waals surface area contributed by atoms with E-state index in [0.717, 1.165) is 18.2 Å². The van der Waals surface area contributed by atoms with Gasteiger partial charge in [-0.15, -0.1) is 0 Å². The summed E-state index contributed by atoms with van der Waals surface area (Å²) in [4.78, 5) is 73.8. The average Bonchev–Trinajstić information content (AvgIpc) is 2.81. The summed E-state index contributed by atoms with van der Waals surface area (Å²) in [5.74, 6) is -4.16. The number of carboxylic acids is 1. The highest BCUT2D eigenvalue weighted by Gasteiger charge is 2.36. The zero-order valence-corrected chi connectivity index (χ0v) is 26.5. The first-order chi connectivity index (χ1) is 19.4. The second-order valence-electron chi connectivity index (χ2n) is 13.3. The third-order valence-electron chi connectivity index (χ3n) is 5.70. The van der Waals surface area contributed by atoms with Gasteiger partial charge in [-0.1, -0.05) is 0 Å². The molecule has 0 aliphatic carbocycles. The van der Waals surface area contributed by atoms with E-state index in [1.54, 1.807) is 62.3 Å². The number of carbonyl (C=O) groups excluding carboxylic acids is 4. The Morgan fingerprint density at radius 3 is 1.35 bits per heavy atom. The first-order valence-corrected chi connectivity index (χ1v) is 13.9. The summed E-state index contributed by atoms with van der Waals surface area (Å²) in [6.45, 7) is 15.2. The molecule has 0 unspecified atom stereocenters. The monoisotopic (exact) mass is 608 g/mol. The van der Waals surface area contributed by atoms with Crippen molar-refractivity contribution < 1.29 is 48.2 Å². The van der Waals surface area contributed by atoms with Crippen molar-refractivity contribution in [1.29, 1.82) is 0 Å². The maximum Gasteiger partial charge on any atom is 0.335 e. The lowest BCUT2D eigenvalue weighted by Crippen LogP contribution is -2.50. The number of nitrogens with zero attached hydrogens (tertiary/aromatic N) is 1. The highest BCUT2D eigenvalue weighted by molar-refractivity contribution is 5.99. The fourth-order valence-electron chi connectivity index (χ4n) is 4.05. The summed E-state index contributed by atoms with van der Waals surface area (Å²) in [5, 5.41) is 23.6. The van der Waals surface area contributed by atoms with Crippen LogP contribution in [0.1, 0.15) is 122 Å². The number of non-ortho nitro benzene ring substituents is 1. The molecule has 0 atom stereocenters. The van der Waals surface area contributed by atoms with Gasteiger partial charge in [0.25, 0.3) is 11.6 Å². The molecule has 0 aromatic heterocycles. The Labute approximate surface area is 251 Å². The van der Waals surface area contributed by atoms with Crippen LogP contribution >= 0.6 is 0 Å². The van der Waals surface area contributed by atoms with Crippen molar-refractivity contribution in [2.24, 2.45) is 0 Å². The number of hydrogen-bond acceptors (Lipinski definition) is 10. The van der Waals surface area contributed by atoms with Crippen molar-refractivity contribution in [2.45, 2.75) is 123 Å². The van der Waals surface area contributed by atoms with Crippen LogP contribution < -0.4 is 5.32 Å². The third-order valence-corrected chi connectivity index (χ3v) is 5.70. The zero-order chi connectivity index (χ0) is 33.4. The van der Waals surface area contributed by atoms with Gasteiger partial charge in [-0.25, -0.2) is 4.79 Å². The second-order valence-corrected chi connectivity index (χ2v) is 13.3. The molecule has 1 aromatic carbocycles. The Morgan fingerprint density at radius 2 is 1.05 bits per heavy atom. The number of rotatable bonds is 13. The van der Waals surface area contributed by atoms with Gasteiger partial charge in [-0.05, 0) is 87.6 Å². The number of carboxylic acid groups (broad SMARTS) is 1. The van der Waals surface area contributed by atoms with E-state index in [9.17, 15) is 39.2 Å². The number of nitro groups is 1. The first kappa shape index (κ1) is 37.0. The van der Waals surface area contributed by atoms with Crippen molar-refractivity contribution in [3.63, 3.8) is 0 Å². The number of esters is 3. The molecule has 0 saturated heterocycles. The minimum absolute atomic E-state index is 0.0834. The van der Waals surface area contributed by atoms with Gasteiger partial charge >= 0.3 is 23.9 Å². The summed E-state index contributed by atoms with van der Waals surface area (Å²) in [6, 6.07) is 2.72. The Balaban J connectivity index is 3.56. The number of nitro benzene ring substituents is 1. The highest BCUT2D eigenvalue weighted by atomic mass is 16.6. The molecule has 1 amide bonds. The molecule has 0 fully saturated rings. The molecule has 2 N–H and O–H groups in total. The molecule has 0 saturated carbocycles. The van der Waals surface area contributed by atoms with E-state index in [0.29, 0.717) is 0 Å². The minimum Gasteiger partial charge on any atom is -0.478 e. The van der Waals surface area contributed by atoms with Crippen molar-refractivity contribution in [1.82, 2.24) is 5.32 Å². The molecule has 0 heterocycles. The fourth-order valence-corrected chi connectivity index (χ4v) is 4.05. The second kappa shape index (κ2) is 14.4. The van der Waals surface area contributed by atoms with Crippen LogP contribution in [0.3, 0.4) is 0 Å². The standard InChI is InChI=1S/C30H44N2O11/c1-27(2,3)41-22(33)10-13-30(14-11-23(34)42-28(4,5)6,15-12-24(35)43-29(7,8)9)31-25(36)19-16-20(26(37)38)18-21(17-19)32(39)40/h16-18H,10-15H2,1-9H3,(H,31,36)(H,37,38). The Morgan fingerprint density at radius 1 is 0.698 bits per heavy atom. The van der Waals surface area contributed by atoms with Crippen LogP contribution in [-0.4, -0.2) is 62.2 Å². The molecule has 1 aromatic rings. The van der Waals surface area contributed by atoms with Crippen LogP contribution in [0.15, 0.2) is 18.2 Å². The molecule has 0 aliphatic rings. The van der Waals surface area contributed by atoms with Crippen molar-refractivity contribution >= 4 is 35.5 Å². The van der Waals surface area contributed by atoms with E-state index < -0.39 is 68.3 Å². The Bertz CT molecular complexity index is 1110. The number of nitrogens with one attached hydrogen (secondary N) is 1. The lowest BCUT2D eigenvalue weighted by atomic mass is 9.83. The lowest BCUT2D eigenvalue weighted by molar-refractivity contribution is -0.384. The Kier molecular flexibility index (Phi) is 12.4. The molecule has 0 radical (unpaired) electrons. The van der Waals surface area contributed by atoms with Gasteiger partial charge in [-0.3, -0.25) is 29.3 Å². The van der Waals surface area contributed by atoms with E-state index >= 15 is 0 Å². The van der Waals surface area contributed by atoms with Gasteiger partial charge in [0.1, 0.15) is 16.8 Å². The summed E-state index contributed by atoms with van der Waals surface area (Å²) < 4.78 is 16.2. The SMILES string of the molecule is CC(C)(C)OC(=O)CCC(CCC(=O)OC(C)(C)C)(CCC(=O)OC(C)(C)C)NC(=O)c1cc(C(=O)O)cc([N+](=O)[O-])c1. The molecule has 0 aliphatic heterocycles. The third kappa shape index (κ3) is 14.6. The molecule has 240 valence electrons. The number of ether oxygens (including phenoxy) is 3. The fraction of sp³-hybridized carbons (Fsp3) is 0.633. The molecule has 13 nitrogen and oxygen atoms in total. The topological polar surface area (TPSA) is 188 Å². The number of hydrogen-bond donors (Lipinski definition) is 2. The normalized spacial score (nSPS) is 12.2. The Hall–Kier alpha value is -4.03. The number of aromatic carboxylic acids is 1. The van der Waals surface area contributed by atoms with E-state index in [2.05, 4.69) is 5.32 Å². The predicted octanol–water partition coefficient (Wildman–Crippen LogP) is 5.13. The number of carbonyl (C=O) groups is 5. The zero-order valence-electron chi connectivity index (χ0n) is 26.5. The van der Waals surface area contributed by atoms with Gasteiger partial charge in [0.05, 0.1) is 10.5 Å². The highest BCUT2D eigenvalue weighted by Crippen LogP contribution is 2.29. The summed E-state index contributed by atoms with van der Waals surface area (Å²) in [5.41, 5.74) is -5.24. The van der Waals surface area contributed by atoms with Crippen LogP contribution in [0, 0.1) is 10.1 Å². The summed E-state index contributed by atoms with van der Waals surface area (Å²) in [6.07, 6.45) is -0.889. The van der Waals surface area contributed by atoms with Crippen molar-refractivity contribution in [2.75, 3.05) is 0 Å². The van der Waals surface area contributed by atoms with Crippen LogP contribution in [0.2, 0.25) is 0 Å². The number of amides is 1. The average molecular weight is 609 g/mol. The molecule has 0 spiro atoms. The van der Waals surface area contributed by atoms with E-state index in [4.69, 9.17) is 14.2 Å². The minimum atomic E-state index is -1.48. The molecular formula is C30H44N2O11. The quantitative estimate of drug-likeness (QED) is 0.131. The van der Waals surface area contributed by atoms with Crippen molar-refractivity contribution in [3.8, 4) is 0 Å². The summed E-state index contributed by atoms with van der Waals surface area (Å²) in [7, 11) is 0. The molecular weight excluding hydrogens is 564 g/mol. The van der Waals surface area contributed by atoms with Crippen LogP contribution in [-0.2, 0) is 28.6 Å². The molecule has 43 heavy (non-hydrogen) atoms. The lowest BCUT2D eigenvalue weighted by Gasteiger charge is -2.36. The largest absolute Gasteiger partial charge is 0.478 e. The van der Waals surface area contributed by atoms with Crippen LogP contribution in [0.5, 0.6) is 0 Å². The van der Waals surface area contributed by atoms with Crippen LogP contribution in [0.4, 0.5) is 5.69 Å².